The Morgan fingerprint density at radius 3 is 2.47 bits per heavy atom. The summed E-state index contributed by atoms with van der Waals surface area (Å²) in [6.45, 7) is 3.07. The summed E-state index contributed by atoms with van der Waals surface area (Å²) in [5.41, 5.74) is 10.5. The minimum absolute atomic E-state index is 0.360. The Morgan fingerprint density at radius 1 is 1.35 bits per heavy atom. The van der Waals surface area contributed by atoms with Gasteiger partial charge in [-0.25, -0.2) is 0 Å². The molecule has 0 saturated carbocycles. The van der Waals surface area contributed by atoms with Gasteiger partial charge in [0.05, 0.1) is 10.0 Å². The van der Waals surface area contributed by atoms with E-state index in [-0.39, 0.29) is 0 Å². The summed E-state index contributed by atoms with van der Waals surface area (Å²) in [5, 5.41) is 2.54. The lowest BCUT2D eigenvalue weighted by atomic mass is 10.0. The maximum Gasteiger partial charge on any atom is 0.253 e. The van der Waals surface area contributed by atoms with Gasteiger partial charge in [-0.3, -0.25) is 9.59 Å². The molecule has 0 heterocycles. The van der Waals surface area contributed by atoms with Crippen molar-refractivity contribution in [3.8, 4) is 0 Å². The second-order valence-corrected chi connectivity index (χ2v) is 4.95. The number of rotatable bonds is 3. The maximum atomic E-state index is 11.9. The molecule has 1 aromatic rings. The van der Waals surface area contributed by atoms with Crippen molar-refractivity contribution < 1.29 is 9.59 Å². The van der Waals surface area contributed by atoms with Crippen LogP contribution in [0, 0.1) is 0 Å². The van der Waals surface area contributed by atoms with Gasteiger partial charge in [-0.2, -0.15) is 0 Å². The van der Waals surface area contributed by atoms with Crippen molar-refractivity contribution in [1.29, 1.82) is 0 Å². The number of anilines is 1. The topological polar surface area (TPSA) is 98.2 Å². The van der Waals surface area contributed by atoms with Crippen LogP contribution < -0.4 is 16.8 Å². The highest BCUT2D eigenvalue weighted by Crippen LogP contribution is 2.24. The number of nitrogens with two attached hydrogens (primary N) is 2. The molecule has 2 amide bonds. The zero-order valence-corrected chi connectivity index (χ0v) is 11.2. The minimum atomic E-state index is -1.11. The Labute approximate surface area is 108 Å². The number of nitrogen functional groups attached to an aromatic ring is 1. The van der Waals surface area contributed by atoms with Crippen LogP contribution in [0.2, 0.25) is 0 Å². The lowest BCUT2D eigenvalue weighted by Crippen LogP contribution is -2.53. The monoisotopic (exact) mass is 299 g/mol. The third-order valence-corrected chi connectivity index (χ3v) is 3.20. The summed E-state index contributed by atoms with van der Waals surface area (Å²) >= 11 is 3.22. The molecular weight excluding hydrogens is 286 g/mol. The molecule has 1 rings (SSSR count). The second kappa shape index (κ2) is 4.75. The van der Waals surface area contributed by atoms with Crippen LogP contribution in [-0.2, 0) is 4.79 Å². The van der Waals surface area contributed by atoms with Gasteiger partial charge in [-0.1, -0.05) is 6.07 Å². The first-order valence-corrected chi connectivity index (χ1v) is 5.71. The Hall–Kier alpha value is -1.56. The van der Waals surface area contributed by atoms with E-state index in [0.29, 0.717) is 15.7 Å². The van der Waals surface area contributed by atoms with E-state index < -0.39 is 17.4 Å². The lowest BCUT2D eigenvalue weighted by molar-refractivity contribution is -0.122. The fourth-order valence-corrected chi connectivity index (χ4v) is 1.58. The fourth-order valence-electron chi connectivity index (χ4n) is 1.14. The van der Waals surface area contributed by atoms with E-state index in [1.165, 1.54) is 13.8 Å². The molecule has 17 heavy (non-hydrogen) atoms. The van der Waals surface area contributed by atoms with Gasteiger partial charge in [0.25, 0.3) is 5.91 Å². The number of hydrogen-bond acceptors (Lipinski definition) is 3. The van der Waals surface area contributed by atoms with E-state index in [0.717, 1.165) is 0 Å². The average molecular weight is 300 g/mol. The number of benzene rings is 1. The number of amides is 2. The van der Waals surface area contributed by atoms with Crippen LogP contribution in [0.5, 0.6) is 0 Å². The second-order valence-electron chi connectivity index (χ2n) is 4.15. The van der Waals surface area contributed by atoms with Crippen LogP contribution in [0.4, 0.5) is 5.69 Å². The lowest BCUT2D eigenvalue weighted by Gasteiger charge is -2.22. The number of carbonyl (C=O) groups is 2. The van der Waals surface area contributed by atoms with E-state index >= 15 is 0 Å². The molecule has 5 N–H and O–H groups in total. The molecule has 0 unspecified atom stereocenters. The number of nitrogens with one attached hydrogen (secondary N) is 1. The molecule has 0 atom stereocenters. The molecule has 0 saturated heterocycles. The summed E-state index contributed by atoms with van der Waals surface area (Å²) < 4.78 is 0.498. The quantitative estimate of drug-likeness (QED) is 0.727. The molecule has 0 aromatic heterocycles. The molecular formula is C11H14BrN3O2. The molecule has 5 nitrogen and oxygen atoms in total. The number of hydrogen-bond donors (Lipinski definition) is 3. The molecule has 6 heteroatoms. The standard InChI is InChI=1S/C11H14BrN3O2/c1-11(2,10(14)17)15-9(16)6-4-3-5-7(13)8(6)12/h3-5H,13H2,1-2H3,(H2,14,17)(H,15,16). The summed E-state index contributed by atoms with van der Waals surface area (Å²) in [5.74, 6) is -1.01. The van der Waals surface area contributed by atoms with Gasteiger partial charge in [0.15, 0.2) is 0 Å². The molecule has 0 bridgehead atoms. The minimum Gasteiger partial charge on any atom is -0.398 e. The largest absolute Gasteiger partial charge is 0.398 e. The first-order valence-electron chi connectivity index (χ1n) is 4.92. The van der Waals surface area contributed by atoms with Gasteiger partial charge in [-0.05, 0) is 41.9 Å². The summed E-state index contributed by atoms with van der Waals surface area (Å²) in [4.78, 5) is 23.0. The van der Waals surface area contributed by atoms with E-state index in [1.54, 1.807) is 18.2 Å². The molecule has 0 aliphatic heterocycles. The van der Waals surface area contributed by atoms with Crippen LogP contribution in [0.15, 0.2) is 22.7 Å². The zero-order valence-electron chi connectivity index (χ0n) is 9.58. The van der Waals surface area contributed by atoms with Crippen LogP contribution in [0.1, 0.15) is 24.2 Å². The molecule has 0 radical (unpaired) electrons. The van der Waals surface area contributed by atoms with Crippen LogP contribution >= 0.6 is 15.9 Å². The Bertz CT molecular complexity index is 472. The highest BCUT2D eigenvalue weighted by atomic mass is 79.9. The SMILES string of the molecule is CC(C)(NC(=O)c1cccc(N)c1Br)C(N)=O. The molecule has 0 aliphatic rings. The van der Waals surface area contributed by atoms with Crippen molar-refractivity contribution in [1.82, 2.24) is 5.32 Å². The summed E-state index contributed by atoms with van der Waals surface area (Å²) in [7, 11) is 0. The summed E-state index contributed by atoms with van der Waals surface area (Å²) in [6.07, 6.45) is 0. The van der Waals surface area contributed by atoms with E-state index in [1.807, 2.05) is 0 Å². The highest BCUT2D eigenvalue weighted by molar-refractivity contribution is 9.10. The van der Waals surface area contributed by atoms with Gasteiger partial charge in [0.1, 0.15) is 5.54 Å². The van der Waals surface area contributed by atoms with Crippen molar-refractivity contribution in [3.05, 3.63) is 28.2 Å². The third kappa shape index (κ3) is 2.97. The van der Waals surface area contributed by atoms with Gasteiger partial charge in [0.2, 0.25) is 5.91 Å². The van der Waals surface area contributed by atoms with Gasteiger partial charge < -0.3 is 16.8 Å². The summed E-state index contributed by atoms with van der Waals surface area (Å²) in [6, 6.07) is 4.93. The van der Waals surface area contributed by atoms with E-state index in [2.05, 4.69) is 21.2 Å². The van der Waals surface area contributed by atoms with Crippen LogP contribution in [-0.4, -0.2) is 17.4 Å². The van der Waals surface area contributed by atoms with E-state index in [4.69, 9.17) is 11.5 Å². The predicted octanol–water partition coefficient (Wildman–Crippen LogP) is 1.02. The van der Waals surface area contributed by atoms with Gasteiger partial charge in [0, 0.05) is 5.69 Å². The number of primary amides is 1. The fraction of sp³-hybridized carbons (Fsp3) is 0.273. The molecule has 0 spiro atoms. The first kappa shape index (κ1) is 13.5. The normalized spacial score (nSPS) is 11.0. The molecule has 1 aromatic carbocycles. The highest BCUT2D eigenvalue weighted by Gasteiger charge is 2.28. The van der Waals surface area contributed by atoms with Crippen molar-refractivity contribution in [3.63, 3.8) is 0 Å². The van der Waals surface area contributed by atoms with Crippen molar-refractivity contribution in [2.45, 2.75) is 19.4 Å². The first-order chi connectivity index (χ1) is 7.75. The van der Waals surface area contributed by atoms with Crippen LogP contribution in [0.3, 0.4) is 0 Å². The number of halogens is 1. The van der Waals surface area contributed by atoms with Crippen LogP contribution in [0.25, 0.3) is 0 Å². The molecule has 0 aliphatic carbocycles. The molecule has 92 valence electrons. The smallest absolute Gasteiger partial charge is 0.253 e. The van der Waals surface area contributed by atoms with Gasteiger partial charge >= 0.3 is 0 Å². The van der Waals surface area contributed by atoms with Gasteiger partial charge in [-0.15, -0.1) is 0 Å². The Balaban J connectivity index is 2.99. The van der Waals surface area contributed by atoms with Crippen molar-refractivity contribution in [2.24, 2.45) is 5.73 Å². The zero-order chi connectivity index (χ0) is 13.2. The predicted molar refractivity (Wildman–Crippen MR) is 69.3 cm³/mol. The Morgan fingerprint density at radius 2 is 1.94 bits per heavy atom. The Kier molecular flexibility index (Phi) is 3.77. The van der Waals surface area contributed by atoms with E-state index in [9.17, 15) is 9.59 Å². The maximum absolute atomic E-state index is 11.9. The van der Waals surface area contributed by atoms with Crippen molar-refractivity contribution in [2.75, 3.05) is 5.73 Å². The third-order valence-electron chi connectivity index (χ3n) is 2.32. The molecule has 0 fully saturated rings. The number of carbonyl (C=O) groups excluding carboxylic acids is 2. The van der Waals surface area contributed by atoms with Crippen molar-refractivity contribution >= 4 is 33.4 Å². The average Bonchev–Trinajstić information content (AvgIpc) is 2.21.